The zero-order chi connectivity index (χ0) is 10.7. The molecular formula is C8H8ClFN2O2. The third kappa shape index (κ3) is 2.18. The fourth-order valence-corrected chi connectivity index (χ4v) is 1.25. The van der Waals surface area contributed by atoms with Crippen molar-refractivity contribution in [3.8, 4) is 0 Å². The highest BCUT2D eigenvalue weighted by Crippen LogP contribution is 2.29. The maximum absolute atomic E-state index is 13.2. The zero-order valence-corrected chi connectivity index (χ0v) is 7.87. The quantitative estimate of drug-likeness (QED) is 0.625. The highest BCUT2D eigenvalue weighted by atomic mass is 35.5. The number of halogens is 2. The minimum Gasteiger partial charge on any atom is -0.327 e. The van der Waals surface area contributed by atoms with E-state index in [-0.39, 0.29) is 22.8 Å². The third-order valence-electron chi connectivity index (χ3n) is 1.73. The highest BCUT2D eigenvalue weighted by Gasteiger charge is 2.20. The number of benzene rings is 1. The van der Waals surface area contributed by atoms with Crippen LogP contribution in [0.4, 0.5) is 10.1 Å². The molecule has 0 amide bonds. The van der Waals surface area contributed by atoms with Crippen molar-refractivity contribution in [2.75, 3.05) is 6.54 Å². The maximum atomic E-state index is 13.2. The van der Waals surface area contributed by atoms with Crippen molar-refractivity contribution in [3.05, 3.63) is 38.9 Å². The summed E-state index contributed by atoms with van der Waals surface area (Å²) < 4.78 is 13.2. The number of hydrogen-bond donors (Lipinski definition) is 1. The van der Waals surface area contributed by atoms with E-state index in [1.165, 1.54) is 18.2 Å². The molecule has 1 aromatic rings. The van der Waals surface area contributed by atoms with Gasteiger partial charge in [0.1, 0.15) is 6.17 Å². The Hall–Kier alpha value is -1.20. The summed E-state index contributed by atoms with van der Waals surface area (Å²) in [5.74, 6) is 0. The minimum absolute atomic E-state index is 0.0787. The number of nitrogens with two attached hydrogens (primary N) is 1. The third-order valence-corrected chi connectivity index (χ3v) is 1.97. The molecule has 0 bridgehead atoms. The SMILES string of the molecule is NCC(F)c1cc(Cl)ccc1[N+](=O)[O-]. The van der Waals surface area contributed by atoms with Crippen LogP contribution in [0.2, 0.25) is 5.02 Å². The molecule has 76 valence electrons. The number of nitro benzene ring substituents is 1. The topological polar surface area (TPSA) is 69.2 Å². The Kier molecular flexibility index (Phi) is 3.38. The predicted molar refractivity (Wildman–Crippen MR) is 51.0 cm³/mol. The summed E-state index contributed by atoms with van der Waals surface area (Å²) in [4.78, 5) is 9.85. The molecule has 0 heterocycles. The summed E-state index contributed by atoms with van der Waals surface area (Å²) in [5, 5.41) is 10.8. The summed E-state index contributed by atoms with van der Waals surface area (Å²) in [5.41, 5.74) is 4.71. The molecule has 0 saturated carbocycles. The van der Waals surface area contributed by atoms with Gasteiger partial charge in [0.2, 0.25) is 0 Å². The molecule has 0 aliphatic rings. The van der Waals surface area contributed by atoms with Gasteiger partial charge in [0.05, 0.1) is 10.5 Å². The van der Waals surface area contributed by atoms with E-state index in [0.29, 0.717) is 0 Å². The van der Waals surface area contributed by atoms with Crippen molar-refractivity contribution in [1.82, 2.24) is 0 Å². The predicted octanol–water partition coefficient (Wildman–Crippen LogP) is 2.22. The summed E-state index contributed by atoms with van der Waals surface area (Å²) in [6.45, 7) is -0.304. The highest BCUT2D eigenvalue weighted by molar-refractivity contribution is 6.30. The molecular weight excluding hydrogens is 211 g/mol. The molecule has 1 rings (SSSR count). The Bertz CT molecular complexity index is 359. The standard InChI is InChI=1S/C8H8ClFN2O2/c9-5-1-2-8(12(13)14)6(3-5)7(10)4-11/h1-3,7H,4,11H2. The first-order valence-corrected chi connectivity index (χ1v) is 4.22. The summed E-state index contributed by atoms with van der Waals surface area (Å²) in [6.07, 6.45) is -1.56. The van der Waals surface area contributed by atoms with Crippen LogP contribution in [0.15, 0.2) is 18.2 Å². The Morgan fingerprint density at radius 2 is 2.29 bits per heavy atom. The lowest BCUT2D eigenvalue weighted by Gasteiger charge is -2.06. The van der Waals surface area contributed by atoms with Crippen LogP contribution in [-0.2, 0) is 0 Å². The van der Waals surface area contributed by atoms with Crippen molar-refractivity contribution in [1.29, 1.82) is 0 Å². The molecule has 1 unspecified atom stereocenters. The van der Waals surface area contributed by atoms with Gasteiger partial charge in [-0.25, -0.2) is 4.39 Å². The Balaban J connectivity index is 3.22. The molecule has 0 aliphatic carbocycles. The van der Waals surface area contributed by atoms with Gasteiger partial charge in [-0.2, -0.15) is 0 Å². The average Bonchev–Trinajstić information content (AvgIpc) is 2.16. The monoisotopic (exact) mass is 218 g/mol. The van der Waals surface area contributed by atoms with Crippen molar-refractivity contribution in [3.63, 3.8) is 0 Å². The molecule has 0 spiro atoms. The van der Waals surface area contributed by atoms with E-state index in [1.807, 2.05) is 0 Å². The molecule has 14 heavy (non-hydrogen) atoms. The molecule has 0 fully saturated rings. The second kappa shape index (κ2) is 4.34. The smallest absolute Gasteiger partial charge is 0.275 e. The second-order valence-corrected chi connectivity index (χ2v) is 3.10. The van der Waals surface area contributed by atoms with Crippen LogP contribution in [0.1, 0.15) is 11.7 Å². The molecule has 0 aromatic heterocycles. The Morgan fingerprint density at radius 3 is 2.79 bits per heavy atom. The molecule has 0 radical (unpaired) electrons. The first kappa shape index (κ1) is 10.9. The van der Waals surface area contributed by atoms with E-state index in [2.05, 4.69) is 0 Å². The molecule has 2 N–H and O–H groups in total. The fourth-order valence-electron chi connectivity index (χ4n) is 1.07. The van der Waals surface area contributed by atoms with Gasteiger partial charge in [-0.3, -0.25) is 10.1 Å². The Morgan fingerprint density at radius 1 is 1.64 bits per heavy atom. The lowest BCUT2D eigenvalue weighted by Crippen LogP contribution is -2.09. The van der Waals surface area contributed by atoms with Crippen molar-refractivity contribution < 1.29 is 9.31 Å². The van der Waals surface area contributed by atoms with Gasteiger partial charge < -0.3 is 5.73 Å². The van der Waals surface area contributed by atoms with E-state index in [4.69, 9.17) is 17.3 Å². The van der Waals surface area contributed by atoms with Crippen LogP contribution >= 0.6 is 11.6 Å². The van der Waals surface area contributed by atoms with Gasteiger partial charge in [-0.05, 0) is 12.1 Å². The van der Waals surface area contributed by atoms with Crippen molar-refractivity contribution in [2.45, 2.75) is 6.17 Å². The first-order valence-electron chi connectivity index (χ1n) is 3.84. The normalized spacial score (nSPS) is 12.5. The molecule has 6 heteroatoms. The van der Waals surface area contributed by atoms with Crippen LogP contribution in [0, 0.1) is 10.1 Å². The number of nitrogens with zero attached hydrogens (tertiary/aromatic N) is 1. The van der Waals surface area contributed by atoms with Crippen LogP contribution in [-0.4, -0.2) is 11.5 Å². The number of rotatable bonds is 3. The number of alkyl halides is 1. The van der Waals surface area contributed by atoms with E-state index in [0.717, 1.165) is 0 Å². The van der Waals surface area contributed by atoms with Gasteiger partial charge in [0, 0.05) is 17.6 Å². The van der Waals surface area contributed by atoms with Crippen molar-refractivity contribution in [2.24, 2.45) is 5.73 Å². The van der Waals surface area contributed by atoms with Gasteiger partial charge in [-0.15, -0.1) is 0 Å². The molecule has 1 atom stereocenters. The lowest BCUT2D eigenvalue weighted by molar-refractivity contribution is -0.386. The lowest BCUT2D eigenvalue weighted by atomic mass is 10.1. The largest absolute Gasteiger partial charge is 0.327 e. The van der Waals surface area contributed by atoms with Crippen LogP contribution < -0.4 is 5.73 Å². The van der Waals surface area contributed by atoms with E-state index in [9.17, 15) is 14.5 Å². The van der Waals surface area contributed by atoms with E-state index >= 15 is 0 Å². The van der Waals surface area contributed by atoms with Gasteiger partial charge >= 0.3 is 0 Å². The van der Waals surface area contributed by atoms with Crippen LogP contribution in [0.5, 0.6) is 0 Å². The molecule has 0 aliphatic heterocycles. The fraction of sp³-hybridized carbons (Fsp3) is 0.250. The first-order chi connectivity index (χ1) is 6.56. The Labute approximate surface area is 84.6 Å². The maximum Gasteiger partial charge on any atom is 0.275 e. The molecule has 4 nitrogen and oxygen atoms in total. The minimum atomic E-state index is -1.56. The van der Waals surface area contributed by atoms with Crippen LogP contribution in [0.3, 0.4) is 0 Å². The summed E-state index contributed by atoms with van der Waals surface area (Å²) in [7, 11) is 0. The van der Waals surface area contributed by atoms with E-state index < -0.39 is 11.1 Å². The van der Waals surface area contributed by atoms with Crippen molar-refractivity contribution >= 4 is 17.3 Å². The van der Waals surface area contributed by atoms with E-state index in [1.54, 1.807) is 0 Å². The summed E-state index contributed by atoms with van der Waals surface area (Å²) >= 11 is 5.59. The van der Waals surface area contributed by atoms with Gasteiger partial charge in [-0.1, -0.05) is 11.6 Å². The average molecular weight is 219 g/mol. The number of nitro groups is 1. The molecule has 0 saturated heterocycles. The van der Waals surface area contributed by atoms with Gasteiger partial charge in [0.15, 0.2) is 0 Å². The second-order valence-electron chi connectivity index (χ2n) is 2.66. The number of hydrogen-bond acceptors (Lipinski definition) is 3. The van der Waals surface area contributed by atoms with Crippen LogP contribution in [0.25, 0.3) is 0 Å². The van der Waals surface area contributed by atoms with Gasteiger partial charge in [0.25, 0.3) is 5.69 Å². The molecule has 1 aromatic carbocycles. The zero-order valence-electron chi connectivity index (χ0n) is 7.11. The summed E-state index contributed by atoms with van der Waals surface area (Å²) in [6, 6.07) is 3.73.